The fraction of sp³-hybridized carbons (Fsp3) is 0.500. The number of aromatic nitrogens is 2. The van der Waals surface area contributed by atoms with Crippen molar-refractivity contribution in [2.24, 2.45) is 14.1 Å². The molecule has 1 aromatic rings. The monoisotopic (exact) mass is 325 g/mol. The lowest BCUT2D eigenvalue weighted by Gasteiger charge is -2.07. The second kappa shape index (κ2) is 5.15. The number of halogens is 1. The molecule has 1 heterocycles. The summed E-state index contributed by atoms with van der Waals surface area (Å²) in [7, 11) is -1.28. The molecule has 0 saturated carbocycles. The minimum atomic E-state index is -3.89. The van der Waals surface area contributed by atoms with E-state index in [1.54, 1.807) is 0 Å². The topological polar surface area (TPSA) is 90.2 Å². The molecule has 9 heteroatoms. The first-order valence-electron chi connectivity index (χ1n) is 4.63. The number of rotatable bonds is 4. The van der Waals surface area contributed by atoms with Gasteiger partial charge in [-0.2, -0.15) is 0 Å². The Bertz CT molecular complexity index is 631. The Kier molecular flexibility index (Phi) is 4.28. The highest BCUT2D eigenvalue weighted by atomic mass is 79.9. The smallest absolute Gasteiger partial charge is 0.302 e. The summed E-state index contributed by atoms with van der Waals surface area (Å²) in [4.78, 5) is 22.6. The van der Waals surface area contributed by atoms with Gasteiger partial charge in [0.2, 0.25) is 10.0 Å². The average Bonchev–Trinajstić information content (AvgIpc) is 2.28. The zero-order chi connectivity index (χ0) is 13.2. The molecule has 17 heavy (non-hydrogen) atoms. The zero-order valence-electron chi connectivity index (χ0n) is 9.31. The van der Waals surface area contributed by atoms with Gasteiger partial charge in [-0.05, 0) is 0 Å². The molecule has 0 spiro atoms. The summed E-state index contributed by atoms with van der Waals surface area (Å²) in [5, 5.41) is 0.429. The van der Waals surface area contributed by atoms with Crippen LogP contribution in [0.25, 0.3) is 0 Å². The average molecular weight is 326 g/mol. The van der Waals surface area contributed by atoms with Crippen molar-refractivity contribution in [3.8, 4) is 0 Å². The van der Waals surface area contributed by atoms with E-state index in [1.165, 1.54) is 14.1 Å². The van der Waals surface area contributed by atoms with Crippen LogP contribution in [0.5, 0.6) is 0 Å². The lowest BCUT2D eigenvalue weighted by atomic mass is 10.6. The highest BCUT2D eigenvalue weighted by Crippen LogP contribution is 1.99. The molecule has 0 aliphatic rings. The van der Waals surface area contributed by atoms with E-state index in [1.807, 2.05) is 0 Å². The predicted octanol–water partition coefficient (Wildman–Crippen LogP) is -1.24. The number of hydrogen-bond acceptors (Lipinski definition) is 4. The number of alkyl halides is 1. The van der Waals surface area contributed by atoms with Gasteiger partial charge in [0.25, 0.3) is 5.56 Å². The van der Waals surface area contributed by atoms with E-state index in [0.717, 1.165) is 15.3 Å². The van der Waals surface area contributed by atoms with Crippen LogP contribution in [0.1, 0.15) is 0 Å². The molecule has 0 amide bonds. The van der Waals surface area contributed by atoms with E-state index in [0.29, 0.717) is 5.33 Å². The summed E-state index contributed by atoms with van der Waals surface area (Å²) in [5.74, 6) is 0. The Labute approximate surface area is 106 Å². The largest absolute Gasteiger partial charge is 0.330 e. The number of aryl methyl sites for hydroxylation is 1. The van der Waals surface area contributed by atoms with E-state index in [-0.39, 0.29) is 6.54 Å². The second-order valence-electron chi connectivity index (χ2n) is 3.34. The van der Waals surface area contributed by atoms with Crippen molar-refractivity contribution >= 4 is 26.0 Å². The van der Waals surface area contributed by atoms with Gasteiger partial charge in [-0.15, -0.1) is 0 Å². The van der Waals surface area contributed by atoms with Gasteiger partial charge in [0.15, 0.2) is 4.90 Å². The molecule has 0 aliphatic heterocycles. The Morgan fingerprint density at radius 1 is 1.35 bits per heavy atom. The molecule has 0 aromatic carbocycles. The first kappa shape index (κ1) is 14.1. The molecule has 7 nitrogen and oxygen atoms in total. The third-order valence-corrected chi connectivity index (χ3v) is 3.93. The van der Waals surface area contributed by atoms with Crippen molar-refractivity contribution in [3.05, 3.63) is 27.0 Å². The van der Waals surface area contributed by atoms with Crippen LogP contribution in [-0.2, 0) is 24.1 Å². The third-order valence-electron chi connectivity index (χ3n) is 2.09. The van der Waals surface area contributed by atoms with Crippen molar-refractivity contribution < 1.29 is 8.42 Å². The van der Waals surface area contributed by atoms with Crippen LogP contribution in [0, 0.1) is 0 Å². The van der Waals surface area contributed by atoms with Gasteiger partial charge >= 0.3 is 5.69 Å². The fourth-order valence-electron chi connectivity index (χ4n) is 1.21. The molecular formula is C8H12BrN3O4S. The molecule has 0 atom stereocenters. The van der Waals surface area contributed by atoms with Gasteiger partial charge in [-0.3, -0.25) is 9.36 Å². The summed E-state index contributed by atoms with van der Waals surface area (Å²) in [6.45, 7) is 0.161. The normalized spacial score (nSPS) is 11.7. The standard InChI is InChI=1S/C8H12BrN3O4S/c1-11-5-6(7(13)12(2)8(11)14)17(15,16)10-4-3-9/h5,10H,3-4H2,1-2H3. The zero-order valence-corrected chi connectivity index (χ0v) is 11.7. The Morgan fingerprint density at radius 2 is 1.94 bits per heavy atom. The lowest BCUT2D eigenvalue weighted by molar-refractivity contribution is 0.573. The summed E-state index contributed by atoms with van der Waals surface area (Å²) in [6, 6.07) is 0. The highest BCUT2D eigenvalue weighted by molar-refractivity contribution is 9.09. The predicted molar refractivity (Wildman–Crippen MR) is 65.9 cm³/mol. The molecule has 0 aliphatic carbocycles. The van der Waals surface area contributed by atoms with Gasteiger partial charge in [0, 0.05) is 32.2 Å². The lowest BCUT2D eigenvalue weighted by Crippen LogP contribution is -2.41. The van der Waals surface area contributed by atoms with Gasteiger partial charge in [-0.1, -0.05) is 15.9 Å². The minimum Gasteiger partial charge on any atom is -0.302 e. The molecule has 1 aromatic heterocycles. The molecule has 0 saturated heterocycles. The molecule has 1 N–H and O–H groups in total. The maximum Gasteiger partial charge on any atom is 0.330 e. The first-order valence-corrected chi connectivity index (χ1v) is 7.24. The van der Waals surface area contributed by atoms with Gasteiger partial charge in [0.1, 0.15) is 0 Å². The maximum atomic E-state index is 11.8. The number of sulfonamides is 1. The van der Waals surface area contributed by atoms with Crippen LogP contribution < -0.4 is 16.0 Å². The van der Waals surface area contributed by atoms with E-state index >= 15 is 0 Å². The number of nitrogens with one attached hydrogen (secondary N) is 1. The maximum absolute atomic E-state index is 11.8. The van der Waals surface area contributed by atoms with Gasteiger partial charge < -0.3 is 4.57 Å². The number of nitrogens with zero attached hydrogens (tertiary/aromatic N) is 2. The summed E-state index contributed by atoms with van der Waals surface area (Å²) < 4.78 is 27.6. The molecule has 96 valence electrons. The van der Waals surface area contributed by atoms with Crippen molar-refractivity contribution in [2.75, 3.05) is 11.9 Å². The van der Waals surface area contributed by atoms with Crippen LogP contribution in [0.4, 0.5) is 0 Å². The van der Waals surface area contributed by atoms with Crippen LogP contribution >= 0.6 is 15.9 Å². The minimum absolute atomic E-state index is 0.161. The fourth-order valence-corrected chi connectivity index (χ4v) is 2.86. The van der Waals surface area contributed by atoms with Crippen LogP contribution in [0.3, 0.4) is 0 Å². The number of hydrogen-bond donors (Lipinski definition) is 1. The Hall–Kier alpha value is -0.930. The summed E-state index contributed by atoms with van der Waals surface area (Å²) >= 11 is 3.07. The Balaban J connectivity index is 3.44. The Morgan fingerprint density at radius 3 is 2.47 bits per heavy atom. The van der Waals surface area contributed by atoms with Gasteiger partial charge in [-0.25, -0.2) is 17.9 Å². The third kappa shape index (κ3) is 2.85. The molecule has 0 bridgehead atoms. The van der Waals surface area contributed by atoms with E-state index in [2.05, 4.69) is 20.7 Å². The molecule has 0 radical (unpaired) electrons. The quantitative estimate of drug-likeness (QED) is 0.701. The summed E-state index contributed by atoms with van der Waals surface area (Å²) in [6.07, 6.45) is 1.02. The molecule has 0 unspecified atom stereocenters. The van der Waals surface area contributed by atoms with Crippen molar-refractivity contribution in [2.45, 2.75) is 4.90 Å². The van der Waals surface area contributed by atoms with Crippen molar-refractivity contribution in [3.63, 3.8) is 0 Å². The van der Waals surface area contributed by atoms with Crippen molar-refractivity contribution in [1.82, 2.24) is 13.9 Å². The van der Waals surface area contributed by atoms with E-state index < -0.39 is 26.2 Å². The molecular weight excluding hydrogens is 314 g/mol. The molecule has 1 rings (SSSR count). The second-order valence-corrected chi connectivity index (χ2v) is 5.87. The van der Waals surface area contributed by atoms with E-state index in [9.17, 15) is 18.0 Å². The van der Waals surface area contributed by atoms with Crippen molar-refractivity contribution in [1.29, 1.82) is 0 Å². The van der Waals surface area contributed by atoms with E-state index in [4.69, 9.17) is 0 Å². The van der Waals surface area contributed by atoms with Crippen LogP contribution in [0.15, 0.2) is 20.7 Å². The van der Waals surface area contributed by atoms with Crippen LogP contribution in [0.2, 0.25) is 0 Å². The first-order chi connectivity index (χ1) is 7.81. The van der Waals surface area contributed by atoms with Crippen LogP contribution in [-0.4, -0.2) is 29.4 Å². The molecule has 0 fully saturated rings. The SMILES string of the molecule is Cn1cc(S(=O)(=O)NCCBr)c(=O)n(C)c1=O. The summed E-state index contributed by atoms with van der Waals surface area (Å²) in [5.41, 5.74) is -1.41. The van der Waals surface area contributed by atoms with Gasteiger partial charge in [0.05, 0.1) is 0 Å². The highest BCUT2D eigenvalue weighted by Gasteiger charge is 2.20.